The van der Waals surface area contributed by atoms with Crippen molar-refractivity contribution >= 4 is 10.8 Å². The van der Waals surface area contributed by atoms with Crippen LogP contribution in [0.3, 0.4) is 0 Å². The van der Waals surface area contributed by atoms with Gasteiger partial charge in [0, 0.05) is 10.9 Å². The van der Waals surface area contributed by atoms with Crippen LogP contribution in [0, 0.1) is 11.6 Å². The third-order valence-corrected chi connectivity index (χ3v) is 4.91. The predicted octanol–water partition coefficient (Wildman–Crippen LogP) is 7.47. The SMILES string of the molecule is CC=CCOc1ccc2cc(-c3ccc(CCCCC)cc3)c(F)c(F)c2c1. The summed E-state index contributed by atoms with van der Waals surface area (Å²) in [5.74, 6) is -1.14. The van der Waals surface area contributed by atoms with Gasteiger partial charge in [0.1, 0.15) is 12.4 Å². The molecule has 3 aromatic rings. The zero-order valence-corrected chi connectivity index (χ0v) is 16.5. The second-order valence-corrected chi connectivity index (χ2v) is 6.97. The van der Waals surface area contributed by atoms with E-state index in [9.17, 15) is 8.78 Å². The van der Waals surface area contributed by atoms with Crippen LogP contribution in [0.4, 0.5) is 8.78 Å². The monoisotopic (exact) mass is 380 g/mol. The van der Waals surface area contributed by atoms with Crippen LogP contribution in [0.5, 0.6) is 5.75 Å². The molecule has 0 aliphatic carbocycles. The lowest BCUT2D eigenvalue weighted by Gasteiger charge is -2.11. The Bertz CT molecular complexity index is 958. The van der Waals surface area contributed by atoms with E-state index in [4.69, 9.17) is 4.74 Å². The fourth-order valence-corrected chi connectivity index (χ4v) is 3.28. The van der Waals surface area contributed by atoms with Crippen LogP contribution >= 0.6 is 0 Å². The predicted molar refractivity (Wildman–Crippen MR) is 113 cm³/mol. The summed E-state index contributed by atoms with van der Waals surface area (Å²) < 4.78 is 35.1. The third-order valence-electron chi connectivity index (χ3n) is 4.91. The Morgan fingerprint density at radius 3 is 2.43 bits per heavy atom. The summed E-state index contributed by atoms with van der Waals surface area (Å²) >= 11 is 0. The van der Waals surface area contributed by atoms with E-state index in [0.717, 1.165) is 12.8 Å². The van der Waals surface area contributed by atoms with Crippen molar-refractivity contribution in [3.63, 3.8) is 0 Å². The smallest absolute Gasteiger partial charge is 0.167 e. The maximum atomic E-state index is 14.8. The van der Waals surface area contributed by atoms with Gasteiger partial charge in [-0.3, -0.25) is 0 Å². The van der Waals surface area contributed by atoms with Crippen molar-refractivity contribution in [2.75, 3.05) is 6.61 Å². The molecular formula is C25H26F2O. The minimum absolute atomic E-state index is 0.232. The Kier molecular flexibility index (Phi) is 6.80. The summed E-state index contributed by atoms with van der Waals surface area (Å²) in [6, 6.07) is 14.6. The van der Waals surface area contributed by atoms with Crippen molar-refractivity contribution in [2.24, 2.45) is 0 Å². The number of ether oxygens (including phenoxy) is 1. The molecule has 0 N–H and O–H groups in total. The molecule has 0 radical (unpaired) electrons. The Balaban J connectivity index is 1.89. The number of allylic oxidation sites excluding steroid dienone is 1. The number of aryl methyl sites for hydroxylation is 1. The quantitative estimate of drug-likeness (QED) is 0.291. The lowest BCUT2D eigenvalue weighted by molar-refractivity contribution is 0.363. The minimum Gasteiger partial charge on any atom is -0.490 e. The fourth-order valence-electron chi connectivity index (χ4n) is 3.28. The molecule has 0 saturated heterocycles. The number of hydrogen-bond acceptors (Lipinski definition) is 1. The van der Waals surface area contributed by atoms with Gasteiger partial charge in [0.05, 0.1) is 0 Å². The molecule has 0 aliphatic heterocycles. The highest BCUT2D eigenvalue weighted by atomic mass is 19.2. The standard InChI is InChI=1S/C25H26F2O/c1-3-5-7-8-18-9-11-19(12-10-18)22-16-20-13-14-21(28-15-6-4-2)17-23(20)25(27)24(22)26/h4,6,9-14,16-17H,3,5,7-8,15H2,1-2H3. The molecule has 0 unspecified atom stereocenters. The molecular weight excluding hydrogens is 354 g/mol. The summed E-state index contributed by atoms with van der Waals surface area (Å²) in [4.78, 5) is 0. The van der Waals surface area contributed by atoms with E-state index >= 15 is 0 Å². The highest BCUT2D eigenvalue weighted by Crippen LogP contribution is 2.33. The van der Waals surface area contributed by atoms with Gasteiger partial charge in [-0.05, 0) is 54.5 Å². The lowest BCUT2D eigenvalue weighted by atomic mass is 9.98. The van der Waals surface area contributed by atoms with Gasteiger partial charge >= 0.3 is 0 Å². The van der Waals surface area contributed by atoms with Crippen molar-refractivity contribution in [1.29, 1.82) is 0 Å². The topological polar surface area (TPSA) is 9.23 Å². The zero-order chi connectivity index (χ0) is 19.9. The lowest BCUT2D eigenvalue weighted by Crippen LogP contribution is -1.96. The van der Waals surface area contributed by atoms with Crippen molar-refractivity contribution in [3.05, 3.63) is 77.9 Å². The maximum absolute atomic E-state index is 14.8. The van der Waals surface area contributed by atoms with Crippen LogP contribution in [-0.4, -0.2) is 6.61 Å². The molecule has 3 heteroatoms. The number of benzene rings is 3. The molecule has 0 heterocycles. The third kappa shape index (κ3) is 4.59. The van der Waals surface area contributed by atoms with E-state index < -0.39 is 11.6 Å². The van der Waals surface area contributed by atoms with Crippen molar-refractivity contribution in [3.8, 4) is 16.9 Å². The molecule has 146 valence electrons. The Morgan fingerprint density at radius 1 is 0.929 bits per heavy atom. The Hall–Kier alpha value is -2.68. The van der Waals surface area contributed by atoms with Gasteiger partial charge in [0.2, 0.25) is 0 Å². The van der Waals surface area contributed by atoms with Gasteiger partial charge in [-0.2, -0.15) is 0 Å². The fraction of sp³-hybridized carbons (Fsp3) is 0.280. The van der Waals surface area contributed by atoms with Gasteiger partial charge in [0.15, 0.2) is 11.6 Å². The first kappa shape index (κ1) is 20.1. The van der Waals surface area contributed by atoms with Gasteiger partial charge < -0.3 is 4.74 Å². The zero-order valence-electron chi connectivity index (χ0n) is 16.5. The molecule has 0 aromatic heterocycles. The summed E-state index contributed by atoms with van der Waals surface area (Å²) in [6.45, 7) is 4.48. The van der Waals surface area contributed by atoms with Gasteiger partial charge in [-0.15, -0.1) is 0 Å². The molecule has 0 fully saturated rings. The van der Waals surface area contributed by atoms with Crippen molar-refractivity contribution < 1.29 is 13.5 Å². The summed E-state index contributed by atoms with van der Waals surface area (Å²) in [5, 5.41) is 0.884. The summed E-state index contributed by atoms with van der Waals surface area (Å²) in [7, 11) is 0. The summed E-state index contributed by atoms with van der Waals surface area (Å²) in [6.07, 6.45) is 8.28. The van der Waals surface area contributed by atoms with Gasteiger partial charge in [0.25, 0.3) is 0 Å². The number of hydrogen-bond donors (Lipinski definition) is 0. The molecule has 3 rings (SSSR count). The molecule has 28 heavy (non-hydrogen) atoms. The van der Waals surface area contributed by atoms with Crippen LogP contribution in [0.2, 0.25) is 0 Å². The van der Waals surface area contributed by atoms with Gasteiger partial charge in [-0.1, -0.05) is 62.2 Å². The molecule has 0 bridgehead atoms. The second kappa shape index (κ2) is 9.50. The molecule has 0 spiro atoms. The van der Waals surface area contributed by atoms with Crippen LogP contribution in [0.25, 0.3) is 21.9 Å². The van der Waals surface area contributed by atoms with E-state index in [1.807, 2.05) is 43.3 Å². The van der Waals surface area contributed by atoms with E-state index in [0.29, 0.717) is 23.3 Å². The number of halogens is 2. The molecule has 3 aromatic carbocycles. The molecule has 0 saturated carbocycles. The highest BCUT2D eigenvalue weighted by Gasteiger charge is 2.15. The molecule has 0 atom stereocenters. The van der Waals surface area contributed by atoms with Gasteiger partial charge in [-0.25, -0.2) is 8.78 Å². The van der Waals surface area contributed by atoms with Crippen LogP contribution < -0.4 is 4.74 Å². The summed E-state index contributed by atoms with van der Waals surface area (Å²) in [5.41, 5.74) is 2.19. The molecule has 1 nitrogen and oxygen atoms in total. The Labute approximate surface area is 165 Å². The first-order chi connectivity index (χ1) is 13.6. The highest BCUT2D eigenvalue weighted by molar-refractivity contribution is 5.89. The van der Waals surface area contributed by atoms with Crippen LogP contribution in [-0.2, 0) is 6.42 Å². The van der Waals surface area contributed by atoms with Crippen LogP contribution in [0.15, 0.2) is 60.7 Å². The van der Waals surface area contributed by atoms with E-state index in [-0.39, 0.29) is 10.9 Å². The largest absolute Gasteiger partial charge is 0.490 e. The average molecular weight is 380 g/mol. The average Bonchev–Trinajstić information content (AvgIpc) is 2.72. The van der Waals surface area contributed by atoms with E-state index in [1.54, 1.807) is 24.3 Å². The normalized spacial score (nSPS) is 11.4. The first-order valence-electron chi connectivity index (χ1n) is 9.89. The van der Waals surface area contributed by atoms with Crippen LogP contribution in [0.1, 0.15) is 38.7 Å². The maximum Gasteiger partial charge on any atom is 0.167 e. The van der Waals surface area contributed by atoms with Crippen molar-refractivity contribution in [2.45, 2.75) is 39.5 Å². The number of unbranched alkanes of at least 4 members (excludes halogenated alkanes) is 2. The molecule has 0 aliphatic rings. The molecule has 0 amide bonds. The minimum atomic E-state index is -0.837. The van der Waals surface area contributed by atoms with E-state index in [2.05, 4.69) is 6.92 Å². The van der Waals surface area contributed by atoms with Crippen molar-refractivity contribution in [1.82, 2.24) is 0 Å². The Morgan fingerprint density at radius 2 is 1.71 bits per heavy atom. The first-order valence-corrected chi connectivity index (χ1v) is 9.89. The second-order valence-electron chi connectivity index (χ2n) is 6.97. The number of rotatable bonds is 8. The van der Waals surface area contributed by atoms with E-state index in [1.165, 1.54) is 18.4 Å². The number of fused-ring (bicyclic) bond motifs is 1.